The molecule has 4 aliphatic rings. The average molecular weight is 480 g/mol. The molecule has 0 aliphatic heterocycles. The molecule has 9 atom stereocenters. The summed E-state index contributed by atoms with van der Waals surface area (Å²) in [6.07, 6.45) is 16.9. The van der Waals surface area contributed by atoms with Crippen LogP contribution < -0.4 is 0 Å². The predicted molar refractivity (Wildman–Crippen MR) is 130 cm³/mol. The molecule has 0 heterocycles. The van der Waals surface area contributed by atoms with Crippen LogP contribution in [0, 0.1) is 46.3 Å². The SMILES string of the molecule is CC[C@]12CC[C@H](O)CC1=CC[C@@H]1[C@@H]2CC[C@]2(C)[C@@H]([C@H](C)CCCC(C)C)C([SeH])C[C@@H]12. The first-order chi connectivity index (χ1) is 14.2. The van der Waals surface area contributed by atoms with Gasteiger partial charge in [0, 0.05) is 0 Å². The maximum absolute atomic E-state index is 10.3. The van der Waals surface area contributed by atoms with E-state index in [9.17, 15) is 5.11 Å². The molecule has 3 saturated carbocycles. The van der Waals surface area contributed by atoms with Crippen LogP contribution in [0.3, 0.4) is 0 Å². The van der Waals surface area contributed by atoms with Crippen molar-refractivity contribution in [3.8, 4) is 0 Å². The van der Waals surface area contributed by atoms with E-state index in [2.05, 4.69) is 56.7 Å². The van der Waals surface area contributed by atoms with E-state index < -0.39 is 0 Å². The van der Waals surface area contributed by atoms with Gasteiger partial charge in [0.1, 0.15) is 0 Å². The number of hydrogen-bond donors (Lipinski definition) is 1. The van der Waals surface area contributed by atoms with Crippen LogP contribution >= 0.6 is 0 Å². The molecule has 0 saturated heterocycles. The van der Waals surface area contributed by atoms with Crippen LogP contribution in [0.15, 0.2) is 11.6 Å². The molecule has 1 N–H and O–H groups in total. The van der Waals surface area contributed by atoms with Gasteiger partial charge < -0.3 is 0 Å². The molecule has 2 heteroatoms. The minimum atomic E-state index is -0.0822. The van der Waals surface area contributed by atoms with E-state index in [1.807, 2.05) is 0 Å². The van der Waals surface area contributed by atoms with E-state index in [0.29, 0.717) is 10.8 Å². The van der Waals surface area contributed by atoms with Gasteiger partial charge in [-0.3, -0.25) is 0 Å². The second kappa shape index (κ2) is 8.87. The van der Waals surface area contributed by atoms with Gasteiger partial charge in [-0.05, 0) is 0 Å². The number of aliphatic hydroxyl groups excluding tert-OH is 1. The number of fused-ring (bicyclic) bond motifs is 5. The first-order valence-electron chi connectivity index (χ1n) is 13.3. The van der Waals surface area contributed by atoms with Crippen molar-refractivity contribution in [2.24, 2.45) is 46.3 Å². The van der Waals surface area contributed by atoms with Gasteiger partial charge in [0.2, 0.25) is 0 Å². The van der Waals surface area contributed by atoms with Gasteiger partial charge in [-0.2, -0.15) is 0 Å². The van der Waals surface area contributed by atoms with Gasteiger partial charge in [0.15, 0.2) is 0 Å². The van der Waals surface area contributed by atoms with Crippen molar-refractivity contribution in [2.75, 3.05) is 0 Å². The Kier molecular flexibility index (Phi) is 6.91. The van der Waals surface area contributed by atoms with E-state index >= 15 is 0 Å². The van der Waals surface area contributed by atoms with Crippen molar-refractivity contribution >= 4 is 16.0 Å². The second-order valence-electron chi connectivity index (χ2n) is 12.4. The van der Waals surface area contributed by atoms with Crippen LogP contribution in [0.5, 0.6) is 0 Å². The predicted octanol–water partition coefficient (Wildman–Crippen LogP) is 7.08. The van der Waals surface area contributed by atoms with E-state index in [1.54, 1.807) is 5.57 Å². The Bertz CT molecular complexity index is 641. The molecule has 0 spiro atoms. The summed E-state index contributed by atoms with van der Waals surface area (Å²) in [5, 5.41) is 10.3. The molecule has 0 bridgehead atoms. The summed E-state index contributed by atoms with van der Waals surface area (Å²) in [6.45, 7) is 12.5. The molecular formula is C28H48OSe. The summed E-state index contributed by atoms with van der Waals surface area (Å²) in [4.78, 5) is 0.830. The molecule has 0 radical (unpaired) electrons. The summed E-state index contributed by atoms with van der Waals surface area (Å²) in [5.74, 6) is 5.28. The third-order valence-corrected chi connectivity index (χ3v) is 11.7. The van der Waals surface area contributed by atoms with Crippen molar-refractivity contribution in [1.82, 2.24) is 0 Å². The standard InChI is InChI=1S/C28H48OSe/c1-6-28-15-12-21(29)16-20(28)10-11-22-23(28)13-14-27(5)24(22)17-25(30)26(27)19(4)9-7-8-18(2)3/h10,18-19,21-26,29-30H,6-9,11-17H2,1-5H3/t19-,21+,22-,23+,24+,25?,26+,27+,28+/m1/s1. The molecule has 0 aromatic rings. The summed E-state index contributed by atoms with van der Waals surface area (Å²) < 4.78 is 0. The van der Waals surface area contributed by atoms with Crippen LogP contribution in [0.2, 0.25) is 4.82 Å². The van der Waals surface area contributed by atoms with Crippen molar-refractivity contribution in [1.29, 1.82) is 0 Å². The summed E-state index contributed by atoms with van der Waals surface area (Å²) in [5.41, 5.74) is 2.61. The number of aliphatic hydroxyl groups is 1. The van der Waals surface area contributed by atoms with Gasteiger partial charge >= 0.3 is 195 Å². The quantitative estimate of drug-likeness (QED) is 0.319. The topological polar surface area (TPSA) is 20.2 Å². The molecule has 1 unspecified atom stereocenters. The fraction of sp³-hybridized carbons (Fsp3) is 0.929. The van der Waals surface area contributed by atoms with Crippen molar-refractivity contribution in [3.63, 3.8) is 0 Å². The number of hydrogen-bond acceptors (Lipinski definition) is 1. The van der Waals surface area contributed by atoms with E-state index in [-0.39, 0.29) is 6.10 Å². The van der Waals surface area contributed by atoms with E-state index in [1.165, 1.54) is 57.8 Å². The zero-order valence-corrected chi connectivity index (χ0v) is 22.2. The van der Waals surface area contributed by atoms with Gasteiger partial charge in [0.05, 0.1) is 0 Å². The Morgan fingerprint density at radius 3 is 2.60 bits per heavy atom. The fourth-order valence-corrected chi connectivity index (χ4v) is 11.0. The zero-order valence-electron chi connectivity index (χ0n) is 20.4. The number of allylic oxidation sites excluding steroid dienone is 1. The van der Waals surface area contributed by atoms with Gasteiger partial charge in [0.25, 0.3) is 0 Å². The molecule has 30 heavy (non-hydrogen) atoms. The van der Waals surface area contributed by atoms with Crippen LogP contribution in [0.4, 0.5) is 0 Å². The molecule has 3 fully saturated rings. The Morgan fingerprint density at radius 2 is 1.90 bits per heavy atom. The Balaban J connectivity index is 1.55. The van der Waals surface area contributed by atoms with Crippen molar-refractivity contribution in [2.45, 2.75) is 116 Å². The third kappa shape index (κ3) is 3.80. The monoisotopic (exact) mass is 480 g/mol. The zero-order chi connectivity index (χ0) is 21.7. The van der Waals surface area contributed by atoms with E-state index in [4.69, 9.17) is 0 Å². The van der Waals surface area contributed by atoms with Crippen molar-refractivity contribution in [3.05, 3.63) is 11.6 Å². The first kappa shape index (κ1) is 23.4. The first-order valence-corrected chi connectivity index (χ1v) is 14.4. The summed E-state index contributed by atoms with van der Waals surface area (Å²) in [6, 6.07) is 0. The Morgan fingerprint density at radius 1 is 1.13 bits per heavy atom. The van der Waals surface area contributed by atoms with Gasteiger partial charge in [-0.25, -0.2) is 0 Å². The number of rotatable bonds is 6. The minimum absolute atomic E-state index is 0.0822. The molecule has 0 aromatic heterocycles. The molecule has 4 aliphatic carbocycles. The molecule has 0 amide bonds. The van der Waals surface area contributed by atoms with Crippen LogP contribution in [-0.4, -0.2) is 27.2 Å². The average Bonchev–Trinajstić information content (AvgIpc) is 2.97. The van der Waals surface area contributed by atoms with Crippen LogP contribution in [-0.2, 0) is 0 Å². The normalized spacial score (nSPS) is 46.7. The van der Waals surface area contributed by atoms with Gasteiger partial charge in [-0.15, -0.1) is 0 Å². The van der Waals surface area contributed by atoms with Gasteiger partial charge in [-0.1, -0.05) is 0 Å². The molecular weight excluding hydrogens is 431 g/mol. The van der Waals surface area contributed by atoms with E-state index in [0.717, 1.165) is 53.2 Å². The molecule has 0 aromatic carbocycles. The maximum atomic E-state index is 10.3. The summed E-state index contributed by atoms with van der Waals surface area (Å²) >= 11 is 3.14. The molecule has 1 nitrogen and oxygen atoms in total. The van der Waals surface area contributed by atoms with Crippen molar-refractivity contribution < 1.29 is 5.11 Å². The molecule has 172 valence electrons. The van der Waals surface area contributed by atoms with Crippen LogP contribution in [0.1, 0.15) is 105 Å². The summed E-state index contributed by atoms with van der Waals surface area (Å²) in [7, 11) is 0. The fourth-order valence-electron chi connectivity index (χ4n) is 9.21. The Labute approximate surface area is 195 Å². The molecule has 4 rings (SSSR count). The van der Waals surface area contributed by atoms with Crippen LogP contribution in [0.25, 0.3) is 0 Å². The second-order valence-corrected chi connectivity index (χ2v) is 13.8. The third-order valence-electron chi connectivity index (χ3n) is 10.6. The Hall–Kier alpha value is 0.219.